The van der Waals surface area contributed by atoms with Crippen molar-refractivity contribution in [1.82, 2.24) is 26.3 Å². The van der Waals surface area contributed by atoms with Crippen molar-refractivity contribution in [2.24, 2.45) is 0 Å². The van der Waals surface area contributed by atoms with Gasteiger partial charge in [0.2, 0.25) is 17.7 Å². The van der Waals surface area contributed by atoms with Gasteiger partial charge in [0.1, 0.15) is 18.1 Å². The molecule has 8 N–H and O–H groups in total. The van der Waals surface area contributed by atoms with E-state index >= 15 is 0 Å². The molecule has 1 aromatic carbocycles. The second kappa shape index (κ2) is 13.4. The number of aromatic nitrogens is 1. The molecule has 39 heavy (non-hydrogen) atoms. The van der Waals surface area contributed by atoms with Crippen molar-refractivity contribution in [1.29, 1.82) is 0 Å². The summed E-state index contributed by atoms with van der Waals surface area (Å²) >= 11 is 0. The molecule has 0 spiro atoms. The number of carbonyl (C=O) groups is 6. The van der Waals surface area contributed by atoms with Crippen LogP contribution >= 0.6 is 0 Å². The number of rotatable bonds is 14. The van der Waals surface area contributed by atoms with Crippen LogP contribution < -0.4 is 21.3 Å². The minimum atomic E-state index is -1.80. The van der Waals surface area contributed by atoms with Gasteiger partial charge in [-0.1, -0.05) is 18.2 Å². The van der Waals surface area contributed by atoms with Gasteiger partial charge in [-0.2, -0.15) is 0 Å². The van der Waals surface area contributed by atoms with Crippen LogP contribution in [0.25, 0.3) is 10.9 Å². The average Bonchev–Trinajstić information content (AvgIpc) is 3.56. The van der Waals surface area contributed by atoms with Crippen LogP contribution in [0.2, 0.25) is 0 Å². The Morgan fingerprint density at radius 3 is 2.23 bits per heavy atom. The third-order valence-corrected chi connectivity index (χ3v) is 6.38. The Labute approximate surface area is 222 Å². The van der Waals surface area contributed by atoms with Crippen molar-refractivity contribution in [2.75, 3.05) is 6.54 Å². The molecule has 0 bridgehead atoms. The van der Waals surface area contributed by atoms with Crippen LogP contribution in [0.5, 0.6) is 0 Å². The molecule has 1 aromatic heterocycles. The lowest BCUT2D eigenvalue weighted by Crippen LogP contribution is -2.57. The van der Waals surface area contributed by atoms with Gasteiger partial charge in [-0.3, -0.25) is 24.0 Å². The lowest BCUT2D eigenvalue weighted by Gasteiger charge is -2.25. The zero-order chi connectivity index (χ0) is 28.5. The van der Waals surface area contributed by atoms with E-state index in [9.17, 15) is 33.9 Å². The molecule has 1 aliphatic heterocycles. The van der Waals surface area contributed by atoms with Gasteiger partial charge < -0.3 is 41.6 Å². The lowest BCUT2D eigenvalue weighted by atomic mass is 10.0. The number of nitrogens with one attached hydrogen (secondary N) is 5. The van der Waals surface area contributed by atoms with E-state index in [1.165, 1.54) is 0 Å². The molecule has 2 heterocycles. The highest BCUT2D eigenvalue weighted by Crippen LogP contribution is 2.19. The highest BCUT2D eigenvalue weighted by atomic mass is 16.4. The van der Waals surface area contributed by atoms with E-state index in [-0.39, 0.29) is 6.42 Å². The van der Waals surface area contributed by atoms with Crippen LogP contribution in [0.4, 0.5) is 0 Å². The molecule has 0 aliphatic carbocycles. The van der Waals surface area contributed by atoms with Crippen LogP contribution in [0.15, 0.2) is 30.5 Å². The van der Waals surface area contributed by atoms with Gasteiger partial charge in [0.15, 0.2) is 0 Å². The molecule has 210 valence electrons. The number of aromatic amines is 1. The molecular formula is C25H31N5O9. The number of carboxylic acids is 3. The van der Waals surface area contributed by atoms with Gasteiger partial charge in [-0.25, -0.2) is 4.79 Å². The molecule has 14 nitrogen and oxygen atoms in total. The number of hydrogen-bond donors (Lipinski definition) is 8. The normalized spacial score (nSPS) is 17.1. The van der Waals surface area contributed by atoms with Crippen molar-refractivity contribution >= 4 is 46.5 Å². The number of para-hydroxylation sites is 1. The zero-order valence-corrected chi connectivity index (χ0v) is 20.9. The van der Waals surface area contributed by atoms with Crippen LogP contribution in [0.3, 0.4) is 0 Å². The largest absolute Gasteiger partial charge is 0.481 e. The van der Waals surface area contributed by atoms with E-state index in [0.717, 1.165) is 17.3 Å². The molecule has 1 aliphatic rings. The van der Waals surface area contributed by atoms with Gasteiger partial charge in [-0.15, -0.1) is 0 Å². The highest BCUT2D eigenvalue weighted by Gasteiger charge is 2.32. The predicted octanol–water partition coefficient (Wildman–Crippen LogP) is -0.659. The van der Waals surface area contributed by atoms with Crippen molar-refractivity contribution in [3.8, 4) is 0 Å². The summed E-state index contributed by atoms with van der Waals surface area (Å²) in [6.45, 7) is 0.649. The molecule has 1 saturated heterocycles. The third kappa shape index (κ3) is 8.26. The fourth-order valence-corrected chi connectivity index (χ4v) is 4.37. The standard InChI is InChI=1S/C25H31N5O9/c31-20(32)8-7-17(23(36)30-19(25(38)39)11-21(33)34)28-24(37)18(29-22(35)16-6-3-9-26-16)10-13-12-27-15-5-2-1-4-14(13)15/h1-2,4-5,12,16-19,26-27H,3,6-11H2,(H,28,37)(H,29,35)(H,30,36)(H,31,32)(H,33,34)(H,38,39). The molecule has 3 amide bonds. The number of H-pyrrole nitrogens is 1. The van der Waals surface area contributed by atoms with Gasteiger partial charge in [0.25, 0.3) is 0 Å². The summed E-state index contributed by atoms with van der Waals surface area (Å²) in [5.74, 6) is -6.61. The quantitative estimate of drug-likeness (QED) is 0.149. The number of aliphatic carboxylic acids is 3. The summed E-state index contributed by atoms with van der Waals surface area (Å²) in [5, 5.41) is 38.3. The topological polar surface area (TPSA) is 227 Å². The number of carboxylic acid groups (broad SMARTS) is 3. The molecular weight excluding hydrogens is 514 g/mol. The van der Waals surface area contributed by atoms with Crippen molar-refractivity contribution in [3.63, 3.8) is 0 Å². The van der Waals surface area contributed by atoms with E-state index in [2.05, 4.69) is 20.9 Å². The highest BCUT2D eigenvalue weighted by molar-refractivity contribution is 5.95. The van der Waals surface area contributed by atoms with E-state index in [4.69, 9.17) is 10.2 Å². The van der Waals surface area contributed by atoms with Gasteiger partial charge in [0, 0.05) is 29.9 Å². The van der Waals surface area contributed by atoms with Crippen LogP contribution in [0, 0.1) is 0 Å². The summed E-state index contributed by atoms with van der Waals surface area (Å²) < 4.78 is 0. The maximum absolute atomic E-state index is 13.4. The van der Waals surface area contributed by atoms with Crippen molar-refractivity contribution < 1.29 is 44.1 Å². The predicted molar refractivity (Wildman–Crippen MR) is 136 cm³/mol. The summed E-state index contributed by atoms with van der Waals surface area (Å²) in [6.07, 6.45) is 1.24. The van der Waals surface area contributed by atoms with Gasteiger partial charge in [0.05, 0.1) is 12.5 Å². The van der Waals surface area contributed by atoms with Crippen molar-refractivity contribution in [2.45, 2.75) is 62.7 Å². The number of fused-ring (bicyclic) bond motifs is 1. The third-order valence-electron chi connectivity index (χ3n) is 6.38. The molecule has 3 rings (SSSR count). The molecule has 14 heteroatoms. The maximum atomic E-state index is 13.4. The first-order valence-electron chi connectivity index (χ1n) is 12.4. The van der Waals surface area contributed by atoms with Crippen LogP contribution in [-0.2, 0) is 35.2 Å². The van der Waals surface area contributed by atoms with Crippen molar-refractivity contribution in [3.05, 3.63) is 36.0 Å². The summed E-state index contributed by atoms with van der Waals surface area (Å²) in [5.41, 5.74) is 1.52. The van der Waals surface area contributed by atoms with Crippen LogP contribution in [0.1, 0.15) is 37.7 Å². The maximum Gasteiger partial charge on any atom is 0.326 e. The lowest BCUT2D eigenvalue weighted by molar-refractivity contribution is -0.147. The summed E-state index contributed by atoms with van der Waals surface area (Å²) in [7, 11) is 0. The number of benzene rings is 1. The Bertz CT molecular complexity index is 1240. The first-order valence-corrected chi connectivity index (χ1v) is 12.4. The van der Waals surface area contributed by atoms with E-state index in [1.54, 1.807) is 6.20 Å². The second-order valence-electron chi connectivity index (χ2n) is 9.26. The van der Waals surface area contributed by atoms with Crippen LogP contribution in [-0.4, -0.2) is 86.6 Å². The Hall–Kier alpha value is -4.46. The molecule has 4 unspecified atom stereocenters. The minimum absolute atomic E-state index is 0.0400. The first kappa shape index (κ1) is 29.1. The Balaban J connectivity index is 1.82. The second-order valence-corrected chi connectivity index (χ2v) is 9.26. The summed E-state index contributed by atoms with van der Waals surface area (Å²) in [6, 6.07) is 2.38. The average molecular weight is 546 g/mol. The molecule has 4 atom stereocenters. The van der Waals surface area contributed by atoms with E-state index < -0.39 is 79.1 Å². The number of hydrogen-bond acceptors (Lipinski definition) is 7. The molecule has 2 aromatic rings. The summed E-state index contributed by atoms with van der Waals surface area (Å²) in [4.78, 5) is 75.8. The Kier molecular flexibility index (Phi) is 9.98. The minimum Gasteiger partial charge on any atom is -0.481 e. The Morgan fingerprint density at radius 2 is 1.59 bits per heavy atom. The molecule has 0 radical (unpaired) electrons. The molecule has 1 fully saturated rings. The van der Waals surface area contributed by atoms with Gasteiger partial charge in [-0.05, 0) is 37.4 Å². The number of amides is 3. The fourth-order valence-electron chi connectivity index (χ4n) is 4.37. The SMILES string of the molecule is O=C(O)CCC(NC(=O)C(Cc1c[nH]c2ccccc12)NC(=O)C1CCCN1)C(=O)NC(CC(=O)O)C(=O)O. The zero-order valence-electron chi connectivity index (χ0n) is 20.9. The smallest absolute Gasteiger partial charge is 0.326 e. The fraction of sp³-hybridized carbons (Fsp3) is 0.440. The first-order chi connectivity index (χ1) is 18.5. The number of carbonyl (C=O) groups excluding carboxylic acids is 3. The van der Waals surface area contributed by atoms with E-state index in [1.807, 2.05) is 29.6 Å². The van der Waals surface area contributed by atoms with Gasteiger partial charge >= 0.3 is 17.9 Å². The Morgan fingerprint density at radius 1 is 0.897 bits per heavy atom. The molecule has 0 saturated carbocycles. The monoisotopic (exact) mass is 545 g/mol. The van der Waals surface area contributed by atoms with E-state index in [0.29, 0.717) is 18.5 Å².